The molecule has 0 saturated carbocycles. The van der Waals surface area contributed by atoms with E-state index in [1.165, 1.54) is 5.56 Å². The van der Waals surface area contributed by atoms with Crippen molar-refractivity contribution in [1.29, 1.82) is 0 Å². The smallest absolute Gasteiger partial charge is 0.147 e. The van der Waals surface area contributed by atoms with E-state index in [0.29, 0.717) is 5.82 Å². The van der Waals surface area contributed by atoms with E-state index >= 15 is 0 Å². The van der Waals surface area contributed by atoms with Crippen molar-refractivity contribution in [3.8, 4) is 0 Å². The second kappa shape index (κ2) is 6.87. The number of nitrogens with zero attached hydrogens (tertiary/aromatic N) is 3. The molecule has 0 atom stereocenters. The average molecular weight is 303 g/mol. The van der Waals surface area contributed by atoms with Crippen molar-refractivity contribution >= 4 is 17.6 Å². The van der Waals surface area contributed by atoms with Gasteiger partial charge < -0.3 is 5.43 Å². The highest BCUT2D eigenvalue weighted by Gasteiger charge is 2.12. The molecule has 0 fully saturated rings. The molecule has 0 radical (unpaired) electrons. The average Bonchev–Trinajstić information content (AvgIpc) is 2.41. The number of aromatic nitrogens is 3. The number of pyridine rings is 1. The molecule has 5 nitrogen and oxygen atoms in total. The van der Waals surface area contributed by atoms with Crippen LogP contribution in [0, 0.1) is 20.8 Å². The molecule has 0 aliphatic carbocycles. The van der Waals surface area contributed by atoms with Crippen molar-refractivity contribution in [3.63, 3.8) is 0 Å². The van der Waals surface area contributed by atoms with Crippen LogP contribution in [0.1, 0.15) is 36.0 Å². The highest BCUT2D eigenvalue weighted by atomic mass is 32.2. The van der Waals surface area contributed by atoms with E-state index in [9.17, 15) is 0 Å². The van der Waals surface area contributed by atoms with Crippen molar-refractivity contribution in [2.75, 3.05) is 5.43 Å². The van der Waals surface area contributed by atoms with Crippen molar-refractivity contribution in [3.05, 3.63) is 34.8 Å². The maximum atomic E-state index is 5.56. The largest absolute Gasteiger partial charge is 0.308 e. The number of anilines is 1. The van der Waals surface area contributed by atoms with Gasteiger partial charge >= 0.3 is 0 Å². The Morgan fingerprint density at radius 1 is 1.14 bits per heavy atom. The molecule has 0 aliphatic heterocycles. The second-order valence-corrected chi connectivity index (χ2v) is 6.05. The second-order valence-electron chi connectivity index (χ2n) is 5.04. The highest BCUT2D eigenvalue weighted by molar-refractivity contribution is 7.99. The zero-order valence-electron chi connectivity index (χ0n) is 12.9. The fraction of sp³-hybridized carbons (Fsp3) is 0.400. The first-order valence-electron chi connectivity index (χ1n) is 7.00. The van der Waals surface area contributed by atoms with Crippen LogP contribution in [0.2, 0.25) is 0 Å². The van der Waals surface area contributed by atoms with E-state index < -0.39 is 0 Å². The number of hydrogen-bond donors (Lipinski definition) is 2. The van der Waals surface area contributed by atoms with Crippen LogP contribution in [0.4, 0.5) is 5.82 Å². The number of nitrogen functional groups attached to an aromatic ring is 1. The van der Waals surface area contributed by atoms with Gasteiger partial charge in [0.25, 0.3) is 0 Å². The maximum Gasteiger partial charge on any atom is 0.147 e. The number of rotatable bonds is 5. The third-order valence-corrected chi connectivity index (χ3v) is 4.04. The fourth-order valence-electron chi connectivity index (χ4n) is 2.07. The zero-order chi connectivity index (χ0) is 15.4. The molecule has 3 N–H and O–H groups in total. The number of hydrazine groups is 1. The summed E-state index contributed by atoms with van der Waals surface area (Å²) in [5, 5.41) is 1.85. The van der Waals surface area contributed by atoms with Crippen molar-refractivity contribution < 1.29 is 0 Å². The first kappa shape index (κ1) is 15.7. The lowest BCUT2D eigenvalue weighted by molar-refractivity contribution is 0.802. The van der Waals surface area contributed by atoms with Gasteiger partial charge in [0.2, 0.25) is 0 Å². The van der Waals surface area contributed by atoms with Crippen LogP contribution >= 0.6 is 11.8 Å². The zero-order valence-corrected chi connectivity index (χ0v) is 13.7. The number of aryl methyl sites for hydroxylation is 3. The Kier molecular flexibility index (Phi) is 5.14. The number of nitrogens with two attached hydrogens (primary N) is 1. The van der Waals surface area contributed by atoms with E-state index in [2.05, 4.69) is 46.4 Å². The number of hydrogen-bond acceptors (Lipinski definition) is 6. The molecule has 0 saturated heterocycles. The van der Waals surface area contributed by atoms with Crippen LogP contribution in [-0.2, 0) is 6.42 Å². The van der Waals surface area contributed by atoms with Gasteiger partial charge in [0, 0.05) is 17.7 Å². The molecule has 0 amide bonds. The Hall–Kier alpha value is -1.66. The van der Waals surface area contributed by atoms with Gasteiger partial charge in [-0.1, -0.05) is 6.92 Å². The van der Waals surface area contributed by atoms with Crippen molar-refractivity contribution in [1.82, 2.24) is 15.0 Å². The lowest BCUT2D eigenvalue weighted by Crippen LogP contribution is -2.13. The number of nitrogens with one attached hydrogen (secondary N) is 1. The normalized spacial score (nSPS) is 10.7. The molecule has 21 heavy (non-hydrogen) atoms. The Labute approximate surface area is 129 Å². The molecule has 0 spiro atoms. The molecular formula is C15H21N5S. The quantitative estimate of drug-likeness (QED) is 0.502. The molecule has 0 aliphatic rings. The fourth-order valence-corrected chi connectivity index (χ4v) is 3.10. The topological polar surface area (TPSA) is 76.7 Å². The van der Waals surface area contributed by atoms with Crippen LogP contribution in [-0.4, -0.2) is 15.0 Å². The molecule has 0 bridgehead atoms. The third kappa shape index (κ3) is 3.92. The Morgan fingerprint density at radius 3 is 2.52 bits per heavy atom. The summed E-state index contributed by atoms with van der Waals surface area (Å²) in [4.78, 5) is 13.6. The van der Waals surface area contributed by atoms with E-state index in [1.807, 2.05) is 13.8 Å². The molecular weight excluding hydrogens is 282 g/mol. The van der Waals surface area contributed by atoms with Crippen molar-refractivity contribution in [2.45, 2.75) is 50.6 Å². The molecule has 0 unspecified atom stereocenters. The predicted molar refractivity (Wildman–Crippen MR) is 86.4 cm³/mol. The molecule has 6 heteroatoms. The summed E-state index contributed by atoms with van der Waals surface area (Å²) in [5.74, 6) is 7.05. The van der Waals surface area contributed by atoms with E-state index in [4.69, 9.17) is 5.84 Å². The summed E-state index contributed by atoms with van der Waals surface area (Å²) in [6, 6.07) is 4.13. The van der Waals surface area contributed by atoms with Crippen LogP contribution in [0.5, 0.6) is 0 Å². The molecule has 112 valence electrons. The van der Waals surface area contributed by atoms with Gasteiger partial charge in [0.15, 0.2) is 0 Å². The lowest BCUT2D eigenvalue weighted by atomic mass is 10.3. The third-order valence-electron chi connectivity index (χ3n) is 3.03. The van der Waals surface area contributed by atoms with Crippen LogP contribution in [0.25, 0.3) is 0 Å². The standard InChI is InChI=1S/C15H21N5S/c1-5-6-12-18-14(20-16)11(4)15(19-12)21-13-8-9(2)7-10(3)17-13/h7-8H,5-6,16H2,1-4H3,(H,18,19,20). The predicted octanol–water partition coefficient (Wildman–Crippen LogP) is 3.19. The summed E-state index contributed by atoms with van der Waals surface area (Å²) in [7, 11) is 0. The van der Waals surface area contributed by atoms with Gasteiger partial charge in [-0.2, -0.15) is 0 Å². The van der Waals surface area contributed by atoms with E-state index in [-0.39, 0.29) is 0 Å². The van der Waals surface area contributed by atoms with Gasteiger partial charge in [-0.05, 0) is 56.7 Å². The Bertz CT molecular complexity index is 622. The van der Waals surface area contributed by atoms with Gasteiger partial charge in [-0.15, -0.1) is 0 Å². The van der Waals surface area contributed by atoms with Gasteiger partial charge in [0.05, 0.1) is 0 Å². The highest BCUT2D eigenvalue weighted by Crippen LogP contribution is 2.30. The van der Waals surface area contributed by atoms with Crippen LogP contribution in [0.3, 0.4) is 0 Å². The van der Waals surface area contributed by atoms with E-state index in [0.717, 1.165) is 40.0 Å². The summed E-state index contributed by atoms with van der Waals surface area (Å²) >= 11 is 1.55. The van der Waals surface area contributed by atoms with E-state index in [1.54, 1.807) is 11.8 Å². The minimum Gasteiger partial charge on any atom is -0.308 e. The first-order valence-corrected chi connectivity index (χ1v) is 7.82. The monoisotopic (exact) mass is 303 g/mol. The van der Waals surface area contributed by atoms with Gasteiger partial charge in [0.1, 0.15) is 21.7 Å². The molecule has 2 aromatic rings. The lowest BCUT2D eigenvalue weighted by Gasteiger charge is -2.11. The van der Waals surface area contributed by atoms with Crippen LogP contribution in [0.15, 0.2) is 22.2 Å². The summed E-state index contributed by atoms with van der Waals surface area (Å²) in [6.07, 6.45) is 1.84. The Morgan fingerprint density at radius 2 is 1.90 bits per heavy atom. The first-order chi connectivity index (χ1) is 10.0. The van der Waals surface area contributed by atoms with Crippen molar-refractivity contribution in [2.24, 2.45) is 5.84 Å². The summed E-state index contributed by atoms with van der Waals surface area (Å²) in [6.45, 7) is 8.15. The maximum absolute atomic E-state index is 5.56. The summed E-state index contributed by atoms with van der Waals surface area (Å²) < 4.78 is 0. The molecule has 2 rings (SSSR count). The Balaban J connectivity index is 2.39. The van der Waals surface area contributed by atoms with Crippen LogP contribution < -0.4 is 11.3 Å². The molecule has 2 aromatic heterocycles. The SMILES string of the molecule is CCCc1nc(NN)c(C)c(Sc2cc(C)cc(C)n2)n1. The molecule has 2 heterocycles. The minimum absolute atomic E-state index is 0.681. The molecule has 0 aromatic carbocycles. The summed E-state index contributed by atoms with van der Waals surface area (Å²) in [5.41, 5.74) is 5.81. The van der Waals surface area contributed by atoms with Gasteiger partial charge in [-0.3, -0.25) is 0 Å². The minimum atomic E-state index is 0.681. The van der Waals surface area contributed by atoms with Gasteiger partial charge in [-0.25, -0.2) is 20.8 Å².